The molecule has 0 saturated carbocycles. The van der Waals surface area contributed by atoms with Crippen LogP contribution in [0.1, 0.15) is 44.6 Å². The summed E-state index contributed by atoms with van der Waals surface area (Å²) in [7, 11) is 0. The normalized spacial score (nSPS) is 25.7. The molecule has 25 heavy (non-hydrogen) atoms. The predicted octanol–water partition coefficient (Wildman–Crippen LogP) is 2.82. The van der Waals surface area contributed by atoms with Gasteiger partial charge in [-0.3, -0.25) is 9.69 Å². The lowest BCUT2D eigenvalue weighted by molar-refractivity contribution is -0.133. The summed E-state index contributed by atoms with van der Waals surface area (Å²) in [6.45, 7) is 5.75. The molecule has 0 aromatic heterocycles. The fraction of sp³-hybridized carbons (Fsp3) is 0.650. The maximum Gasteiger partial charge on any atom is 0.231 e. The molecule has 136 valence electrons. The Balaban J connectivity index is 1.37. The first kappa shape index (κ1) is 16.7. The lowest BCUT2D eigenvalue weighted by Crippen LogP contribution is -2.48. The van der Waals surface area contributed by atoms with Crippen LogP contribution in [0.3, 0.4) is 0 Å². The first-order valence-electron chi connectivity index (χ1n) is 9.68. The van der Waals surface area contributed by atoms with Gasteiger partial charge in [-0.1, -0.05) is 13.0 Å². The van der Waals surface area contributed by atoms with Crippen LogP contribution in [-0.4, -0.2) is 54.2 Å². The van der Waals surface area contributed by atoms with Crippen molar-refractivity contribution in [1.82, 2.24) is 9.80 Å². The molecule has 0 radical (unpaired) electrons. The molecular weight excluding hydrogens is 316 g/mol. The van der Waals surface area contributed by atoms with E-state index in [2.05, 4.69) is 16.7 Å². The maximum atomic E-state index is 12.9. The fourth-order valence-corrected chi connectivity index (χ4v) is 4.67. The Kier molecular flexibility index (Phi) is 4.84. The van der Waals surface area contributed by atoms with Gasteiger partial charge in [-0.05, 0) is 62.9 Å². The molecule has 2 fully saturated rings. The highest BCUT2D eigenvalue weighted by molar-refractivity contribution is 5.77. The summed E-state index contributed by atoms with van der Waals surface area (Å²) in [5, 5.41) is 0. The topological polar surface area (TPSA) is 42.0 Å². The summed E-state index contributed by atoms with van der Waals surface area (Å²) in [5.74, 6) is 1.91. The molecule has 3 heterocycles. The van der Waals surface area contributed by atoms with E-state index in [1.807, 2.05) is 18.2 Å². The lowest BCUT2D eigenvalue weighted by atomic mass is 10.0. The van der Waals surface area contributed by atoms with Gasteiger partial charge in [0.1, 0.15) is 0 Å². The van der Waals surface area contributed by atoms with Gasteiger partial charge < -0.3 is 14.4 Å². The van der Waals surface area contributed by atoms with Gasteiger partial charge in [0, 0.05) is 25.0 Å². The van der Waals surface area contributed by atoms with Gasteiger partial charge >= 0.3 is 0 Å². The average Bonchev–Trinajstić information content (AvgIpc) is 3.37. The van der Waals surface area contributed by atoms with Gasteiger partial charge in [0.2, 0.25) is 12.7 Å². The molecule has 4 rings (SSSR count). The third-order valence-electron chi connectivity index (χ3n) is 5.95. The van der Waals surface area contributed by atoms with Crippen LogP contribution in [0.2, 0.25) is 0 Å². The lowest BCUT2D eigenvalue weighted by Gasteiger charge is -2.34. The van der Waals surface area contributed by atoms with Crippen molar-refractivity contribution in [2.24, 2.45) is 0 Å². The largest absolute Gasteiger partial charge is 0.454 e. The minimum atomic E-state index is 0.294. The van der Waals surface area contributed by atoms with Crippen molar-refractivity contribution >= 4 is 5.91 Å². The Bertz CT molecular complexity index is 633. The molecule has 1 amide bonds. The van der Waals surface area contributed by atoms with E-state index in [0.29, 0.717) is 31.2 Å². The van der Waals surface area contributed by atoms with E-state index in [0.717, 1.165) is 49.4 Å². The third kappa shape index (κ3) is 3.34. The van der Waals surface area contributed by atoms with Crippen molar-refractivity contribution in [1.29, 1.82) is 0 Å². The van der Waals surface area contributed by atoms with E-state index in [1.165, 1.54) is 19.4 Å². The Morgan fingerprint density at radius 2 is 1.92 bits per heavy atom. The number of aryl methyl sites for hydroxylation is 1. The molecule has 2 atom stereocenters. The van der Waals surface area contributed by atoms with Crippen molar-refractivity contribution in [3.63, 3.8) is 0 Å². The summed E-state index contributed by atoms with van der Waals surface area (Å²) in [4.78, 5) is 17.6. The quantitative estimate of drug-likeness (QED) is 0.824. The van der Waals surface area contributed by atoms with E-state index in [1.54, 1.807) is 0 Å². The van der Waals surface area contributed by atoms with Crippen molar-refractivity contribution in [3.8, 4) is 11.5 Å². The van der Waals surface area contributed by atoms with E-state index in [9.17, 15) is 4.79 Å². The average molecular weight is 344 g/mol. The van der Waals surface area contributed by atoms with E-state index in [4.69, 9.17) is 9.47 Å². The van der Waals surface area contributed by atoms with E-state index >= 15 is 0 Å². The zero-order valence-electron chi connectivity index (χ0n) is 15.1. The predicted molar refractivity (Wildman–Crippen MR) is 95.9 cm³/mol. The van der Waals surface area contributed by atoms with Crippen molar-refractivity contribution in [2.45, 2.75) is 57.5 Å². The first-order valence-corrected chi connectivity index (χ1v) is 9.68. The second kappa shape index (κ2) is 7.24. The number of carbonyl (C=O) groups is 1. The molecule has 5 nitrogen and oxygen atoms in total. The second-order valence-electron chi connectivity index (χ2n) is 7.32. The minimum Gasteiger partial charge on any atom is -0.454 e. The van der Waals surface area contributed by atoms with Crippen LogP contribution >= 0.6 is 0 Å². The first-order chi connectivity index (χ1) is 12.3. The standard InChI is InChI=1S/C20H28N2O3/c1-2-21-11-3-5-16(21)17-6-4-12-22(17)20(23)10-8-15-7-9-18-19(13-15)25-14-24-18/h7,9,13,16-17H,2-6,8,10-12,14H2,1H3/t16-,17+/m0/s1. The zero-order valence-corrected chi connectivity index (χ0v) is 15.1. The van der Waals surface area contributed by atoms with Crippen LogP contribution in [0, 0.1) is 0 Å². The van der Waals surface area contributed by atoms with Gasteiger partial charge in [0.05, 0.1) is 0 Å². The molecule has 0 unspecified atom stereocenters. The molecule has 3 aliphatic heterocycles. The van der Waals surface area contributed by atoms with E-state index < -0.39 is 0 Å². The number of carbonyl (C=O) groups excluding carboxylic acids is 1. The number of likely N-dealkylation sites (tertiary alicyclic amines) is 2. The van der Waals surface area contributed by atoms with Gasteiger partial charge in [0.25, 0.3) is 0 Å². The summed E-state index contributed by atoms with van der Waals surface area (Å²) >= 11 is 0. The van der Waals surface area contributed by atoms with Crippen LogP contribution in [-0.2, 0) is 11.2 Å². The molecule has 0 spiro atoms. The number of nitrogens with zero attached hydrogens (tertiary/aromatic N) is 2. The zero-order chi connectivity index (χ0) is 17.2. The highest BCUT2D eigenvalue weighted by Gasteiger charge is 2.38. The second-order valence-corrected chi connectivity index (χ2v) is 7.32. The Morgan fingerprint density at radius 1 is 1.12 bits per heavy atom. The van der Waals surface area contributed by atoms with Crippen LogP contribution < -0.4 is 9.47 Å². The number of rotatable bonds is 5. The molecule has 1 aromatic rings. The fourth-order valence-electron chi connectivity index (χ4n) is 4.67. The number of benzene rings is 1. The Labute approximate surface area is 149 Å². The molecule has 5 heteroatoms. The number of hydrogen-bond acceptors (Lipinski definition) is 4. The highest BCUT2D eigenvalue weighted by atomic mass is 16.7. The summed E-state index contributed by atoms with van der Waals surface area (Å²) in [6.07, 6.45) is 6.17. The van der Waals surface area contributed by atoms with E-state index in [-0.39, 0.29) is 0 Å². The molecular formula is C20H28N2O3. The van der Waals surface area contributed by atoms with Crippen molar-refractivity contribution in [3.05, 3.63) is 23.8 Å². The van der Waals surface area contributed by atoms with Crippen LogP contribution in [0.4, 0.5) is 0 Å². The Morgan fingerprint density at radius 3 is 2.80 bits per heavy atom. The summed E-state index contributed by atoms with van der Waals surface area (Å²) in [5.41, 5.74) is 1.14. The van der Waals surface area contributed by atoms with Gasteiger partial charge in [0.15, 0.2) is 11.5 Å². The van der Waals surface area contributed by atoms with Crippen LogP contribution in [0.25, 0.3) is 0 Å². The number of fused-ring (bicyclic) bond motifs is 1. The molecule has 0 bridgehead atoms. The van der Waals surface area contributed by atoms with Crippen molar-refractivity contribution in [2.75, 3.05) is 26.4 Å². The van der Waals surface area contributed by atoms with Crippen molar-refractivity contribution < 1.29 is 14.3 Å². The number of likely N-dealkylation sites (N-methyl/N-ethyl adjacent to an activating group) is 1. The summed E-state index contributed by atoms with van der Waals surface area (Å²) in [6, 6.07) is 6.98. The smallest absolute Gasteiger partial charge is 0.231 e. The third-order valence-corrected chi connectivity index (χ3v) is 5.95. The minimum absolute atomic E-state index is 0.294. The molecule has 0 aliphatic carbocycles. The van der Waals surface area contributed by atoms with Crippen LogP contribution in [0.5, 0.6) is 11.5 Å². The molecule has 1 aromatic carbocycles. The monoisotopic (exact) mass is 344 g/mol. The molecule has 3 aliphatic rings. The number of ether oxygens (including phenoxy) is 2. The highest BCUT2D eigenvalue weighted by Crippen LogP contribution is 2.33. The molecule has 2 saturated heterocycles. The maximum absolute atomic E-state index is 12.9. The number of hydrogen-bond donors (Lipinski definition) is 0. The van der Waals surface area contributed by atoms with Gasteiger partial charge in [-0.15, -0.1) is 0 Å². The number of amides is 1. The Hall–Kier alpha value is -1.75. The SMILES string of the molecule is CCN1CCC[C@H]1[C@H]1CCCN1C(=O)CCc1ccc2c(c1)OCO2. The van der Waals surface area contributed by atoms with Gasteiger partial charge in [-0.2, -0.15) is 0 Å². The molecule has 0 N–H and O–H groups in total. The van der Waals surface area contributed by atoms with Gasteiger partial charge in [-0.25, -0.2) is 0 Å². The summed E-state index contributed by atoms with van der Waals surface area (Å²) < 4.78 is 10.8. The van der Waals surface area contributed by atoms with Crippen LogP contribution in [0.15, 0.2) is 18.2 Å².